The molecular formula is C7H5Br2I. The van der Waals surface area contributed by atoms with Gasteiger partial charge in [-0.15, -0.1) is 0 Å². The predicted octanol–water partition coefficient (Wildman–Crippen LogP) is 4.02. The first-order valence-electron chi connectivity index (χ1n) is 2.73. The molecule has 1 aromatic carbocycles. The molecule has 0 unspecified atom stereocenters. The van der Waals surface area contributed by atoms with Crippen molar-refractivity contribution < 1.29 is 0 Å². The van der Waals surface area contributed by atoms with Gasteiger partial charge in [-0.2, -0.15) is 0 Å². The maximum Gasteiger partial charge on any atom is 0.156 e. The zero-order chi connectivity index (χ0) is 7.61. The predicted molar refractivity (Wildman–Crippen MR) is 60.0 cm³/mol. The third-order valence-corrected chi connectivity index (χ3v) is 2.64. The van der Waals surface area contributed by atoms with Crippen LogP contribution in [0.3, 0.4) is 0 Å². The van der Waals surface area contributed by atoms with Crippen LogP contribution in [0, 0.1) is 0 Å². The van der Waals surface area contributed by atoms with Crippen LogP contribution in [0.1, 0.15) is 5.56 Å². The Bertz CT molecular complexity index is 203. The fraction of sp³-hybridized carbons (Fsp3) is 0.143. The summed E-state index contributed by atoms with van der Waals surface area (Å²) in [5, 5.41) is 0. The van der Waals surface area contributed by atoms with E-state index in [9.17, 15) is 0 Å². The molecule has 0 saturated carbocycles. The number of alkyl halides is 3. The van der Waals surface area contributed by atoms with Gasteiger partial charge in [-0.05, 0) is 28.2 Å². The topological polar surface area (TPSA) is 0 Å². The molecule has 0 aliphatic rings. The van der Waals surface area contributed by atoms with Crippen molar-refractivity contribution >= 4 is 54.5 Å². The molecule has 0 atom stereocenters. The Labute approximate surface area is 90.8 Å². The molecule has 0 aromatic heterocycles. The van der Waals surface area contributed by atoms with Crippen molar-refractivity contribution in [2.24, 2.45) is 0 Å². The smallest absolute Gasteiger partial charge is 0.0622 e. The molecule has 0 nitrogen and oxygen atoms in total. The highest BCUT2D eigenvalue weighted by Gasteiger charge is 2.19. The summed E-state index contributed by atoms with van der Waals surface area (Å²) in [6.45, 7) is 0. The van der Waals surface area contributed by atoms with Gasteiger partial charge in [0.1, 0.15) is 0 Å². The fourth-order valence-electron chi connectivity index (χ4n) is 0.627. The lowest BCUT2D eigenvalue weighted by Crippen LogP contribution is -1.95. The van der Waals surface area contributed by atoms with Crippen LogP contribution in [0.15, 0.2) is 30.3 Å². The first-order valence-corrected chi connectivity index (χ1v) is 5.39. The van der Waals surface area contributed by atoms with E-state index in [-0.39, 0.29) is 1.24 Å². The van der Waals surface area contributed by atoms with E-state index in [1.165, 1.54) is 5.56 Å². The highest BCUT2D eigenvalue weighted by Crippen LogP contribution is 2.44. The van der Waals surface area contributed by atoms with Gasteiger partial charge >= 0.3 is 0 Å². The van der Waals surface area contributed by atoms with Crippen molar-refractivity contribution in [3.05, 3.63) is 35.9 Å². The van der Waals surface area contributed by atoms with Crippen LogP contribution < -0.4 is 0 Å². The van der Waals surface area contributed by atoms with Crippen LogP contribution >= 0.6 is 54.5 Å². The lowest BCUT2D eigenvalue weighted by atomic mass is 10.2. The molecular weight excluding hydrogens is 371 g/mol. The lowest BCUT2D eigenvalue weighted by molar-refractivity contribution is 1.39. The SMILES string of the molecule is BrC(Br)(I)c1ccccc1. The number of halogens is 3. The minimum absolute atomic E-state index is 0.112. The van der Waals surface area contributed by atoms with Crippen LogP contribution in [0.4, 0.5) is 0 Å². The monoisotopic (exact) mass is 374 g/mol. The molecule has 0 fully saturated rings. The molecule has 3 heteroatoms. The van der Waals surface area contributed by atoms with Crippen molar-refractivity contribution in [1.82, 2.24) is 0 Å². The van der Waals surface area contributed by atoms with Crippen molar-refractivity contribution in [3.63, 3.8) is 0 Å². The van der Waals surface area contributed by atoms with E-state index >= 15 is 0 Å². The molecule has 0 amide bonds. The van der Waals surface area contributed by atoms with Gasteiger partial charge < -0.3 is 0 Å². The second kappa shape index (κ2) is 3.54. The number of hydrogen-bond acceptors (Lipinski definition) is 0. The quantitative estimate of drug-likeness (QED) is 0.513. The average Bonchev–Trinajstić information content (AvgIpc) is 1.88. The van der Waals surface area contributed by atoms with Gasteiger partial charge in [0, 0.05) is 0 Å². The highest BCUT2D eigenvalue weighted by molar-refractivity contribution is 14.1. The molecule has 1 rings (SSSR count). The number of hydrogen-bond donors (Lipinski definition) is 0. The Balaban J connectivity index is 2.97. The van der Waals surface area contributed by atoms with Crippen molar-refractivity contribution in [2.45, 2.75) is 1.24 Å². The normalized spacial score (nSPS) is 11.5. The second-order valence-electron chi connectivity index (χ2n) is 1.86. The molecule has 0 aliphatic heterocycles. The van der Waals surface area contributed by atoms with Crippen molar-refractivity contribution in [3.8, 4) is 0 Å². The highest BCUT2D eigenvalue weighted by atomic mass is 127. The maximum atomic E-state index is 3.49. The van der Waals surface area contributed by atoms with Crippen LogP contribution in [0.25, 0.3) is 0 Å². The van der Waals surface area contributed by atoms with E-state index in [4.69, 9.17) is 0 Å². The van der Waals surface area contributed by atoms with Crippen molar-refractivity contribution in [2.75, 3.05) is 0 Å². The first-order chi connectivity index (χ1) is 4.61. The maximum absolute atomic E-state index is 3.49. The Morgan fingerprint density at radius 3 is 1.90 bits per heavy atom. The summed E-state index contributed by atoms with van der Waals surface area (Å²) in [7, 11) is 0. The van der Waals surface area contributed by atoms with Gasteiger partial charge in [-0.3, -0.25) is 0 Å². The molecule has 0 N–H and O–H groups in total. The molecule has 0 radical (unpaired) electrons. The molecule has 1 aromatic rings. The zero-order valence-corrected chi connectivity index (χ0v) is 10.4. The van der Waals surface area contributed by atoms with E-state index in [0.29, 0.717) is 0 Å². The molecule has 10 heavy (non-hydrogen) atoms. The van der Waals surface area contributed by atoms with E-state index in [1.54, 1.807) is 0 Å². The largest absolute Gasteiger partial charge is 0.156 e. The third kappa shape index (κ3) is 2.51. The minimum atomic E-state index is -0.112. The second-order valence-corrected chi connectivity index (χ2v) is 9.89. The molecule has 0 bridgehead atoms. The summed E-state index contributed by atoms with van der Waals surface area (Å²) >= 11 is 9.26. The van der Waals surface area contributed by atoms with Gasteiger partial charge in [0.15, 0.2) is 1.24 Å². The molecule has 54 valence electrons. The minimum Gasteiger partial charge on any atom is -0.0622 e. The van der Waals surface area contributed by atoms with Crippen LogP contribution in [-0.4, -0.2) is 0 Å². The summed E-state index contributed by atoms with van der Waals surface area (Å²) in [5.74, 6) is 0. The molecule has 0 aliphatic carbocycles. The standard InChI is InChI=1S/C7H5Br2I/c8-7(9,10)6-4-2-1-3-5-6/h1-5H. The lowest BCUT2D eigenvalue weighted by Gasteiger charge is -2.11. The van der Waals surface area contributed by atoms with Gasteiger partial charge in [0.25, 0.3) is 0 Å². The summed E-state index contributed by atoms with van der Waals surface area (Å²) in [5.41, 5.74) is 1.22. The van der Waals surface area contributed by atoms with Crippen molar-refractivity contribution in [1.29, 1.82) is 0 Å². The van der Waals surface area contributed by atoms with Gasteiger partial charge in [0.2, 0.25) is 0 Å². The average molecular weight is 376 g/mol. The number of benzene rings is 1. The van der Waals surface area contributed by atoms with E-state index in [1.807, 2.05) is 18.2 Å². The summed E-state index contributed by atoms with van der Waals surface area (Å²) in [4.78, 5) is 0. The molecule has 0 spiro atoms. The first kappa shape index (κ1) is 9.00. The van der Waals surface area contributed by atoms with Crippen LogP contribution in [0.2, 0.25) is 0 Å². The Hall–Kier alpha value is 0.910. The van der Waals surface area contributed by atoms with Gasteiger partial charge in [-0.25, -0.2) is 0 Å². The molecule has 0 saturated heterocycles. The Morgan fingerprint density at radius 1 is 1.10 bits per heavy atom. The summed E-state index contributed by atoms with van der Waals surface area (Å²) < 4.78 is -0.112. The van der Waals surface area contributed by atoms with E-state index < -0.39 is 0 Å². The number of rotatable bonds is 1. The van der Waals surface area contributed by atoms with Gasteiger partial charge in [0.05, 0.1) is 0 Å². The summed E-state index contributed by atoms with van der Waals surface area (Å²) in [6, 6.07) is 10.2. The van der Waals surface area contributed by atoms with Crippen LogP contribution in [-0.2, 0) is 1.24 Å². The zero-order valence-electron chi connectivity index (χ0n) is 5.02. The Morgan fingerprint density at radius 2 is 1.60 bits per heavy atom. The third-order valence-electron chi connectivity index (χ3n) is 1.10. The fourth-order valence-corrected chi connectivity index (χ4v) is 1.52. The van der Waals surface area contributed by atoms with E-state index in [0.717, 1.165) is 0 Å². The summed E-state index contributed by atoms with van der Waals surface area (Å²) in [6.07, 6.45) is 0. The Kier molecular flexibility index (Phi) is 3.19. The van der Waals surface area contributed by atoms with E-state index in [2.05, 4.69) is 66.6 Å². The van der Waals surface area contributed by atoms with Crippen LogP contribution in [0.5, 0.6) is 0 Å². The van der Waals surface area contributed by atoms with Gasteiger partial charge in [-0.1, -0.05) is 62.2 Å². The molecule has 0 heterocycles.